The van der Waals surface area contributed by atoms with E-state index in [0.717, 1.165) is 41.7 Å². The van der Waals surface area contributed by atoms with Crippen molar-refractivity contribution in [2.75, 3.05) is 0 Å². The van der Waals surface area contributed by atoms with Crippen molar-refractivity contribution in [2.45, 2.75) is 39.8 Å². The number of aromatic nitrogens is 2. The molecule has 0 amide bonds. The van der Waals surface area contributed by atoms with Gasteiger partial charge in [0.05, 0.1) is 22.1 Å². The molecule has 3 rings (SSSR count). The Morgan fingerprint density at radius 1 is 1.24 bits per heavy atom. The summed E-state index contributed by atoms with van der Waals surface area (Å²) in [6.45, 7) is 8.07. The van der Waals surface area contributed by atoms with Crippen molar-refractivity contribution >= 4 is 49.4 Å². The number of aryl methyl sites for hydroxylation is 2. The summed E-state index contributed by atoms with van der Waals surface area (Å²) < 4.78 is 9.79. The third kappa shape index (κ3) is 4.01. The van der Waals surface area contributed by atoms with Gasteiger partial charge in [0.1, 0.15) is 15.2 Å². The van der Waals surface area contributed by atoms with Crippen molar-refractivity contribution in [3.8, 4) is 11.5 Å². The van der Waals surface area contributed by atoms with E-state index in [1.165, 1.54) is 0 Å². The van der Waals surface area contributed by atoms with Crippen LogP contribution in [0.1, 0.15) is 25.0 Å². The lowest BCUT2D eigenvalue weighted by Crippen LogP contribution is -2.26. The van der Waals surface area contributed by atoms with Crippen LogP contribution in [0.3, 0.4) is 0 Å². The van der Waals surface area contributed by atoms with Crippen LogP contribution in [-0.2, 0) is 6.54 Å². The summed E-state index contributed by atoms with van der Waals surface area (Å²) in [7, 11) is 0. The van der Waals surface area contributed by atoms with Gasteiger partial charge < -0.3 is 9.84 Å². The fraction of sp³-hybridized carbons (Fsp3) is 0.316. The minimum Gasteiger partial charge on any atom is -0.456 e. The standard InChI is InChI=1S/C19H20BrIN2O2/c1-11-6-5-7-12(2)17(11)25-16-8-13-15(9-14(16)20)23(22-18(13)21)10-19(3,4)24/h5-9,24H,10H2,1-4H3. The molecule has 0 radical (unpaired) electrons. The first-order valence-electron chi connectivity index (χ1n) is 7.98. The van der Waals surface area contributed by atoms with E-state index in [0.29, 0.717) is 6.54 Å². The van der Waals surface area contributed by atoms with Gasteiger partial charge in [-0.25, -0.2) is 0 Å². The molecule has 0 spiro atoms. The van der Waals surface area contributed by atoms with Gasteiger partial charge in [-0.2, -0.15) is 5.10 Å². The molecule has 0 saturated carbocycles. The number of rotatable bonds is 4. The van der Waals surface area contributed by atoms with E-state index in [4.69, 9.17) is 4.74 Å². The molecule has 0 saturated heterocycles. The Balaban J connectivity index is 2.07. The van der Waals surface area contributed by atoms with Gasteiger partial charge >= 0.3 is 0 Å². The zero-order valence-corrected chi connectivity index (χ0v) is 18.3. The summed E-state index contributed by atoms with van der Waals surface area (Å²) >= 11 is 5.83. The molecular weight excluding hydrogens is 495 g/mol. The highest BCUT2D eigenvalue weighted by Gasteiger charge is 2.19. The van der Waals surface area contributed by atoms with Crippen LogP contribution < -0.4 is 4.74 Å². The predicted octanol–water partition coefficient (Wildman–Crippen LogP) is 5.58. The second kappa shape index (κ2) is 6.89. The fourth-order valence-electron chi connectivity index (χ4n) is 2.77. The Bertz CT molecular complexity index is 924. The SMILES string of the molecule is Cc1cccc(C)c1Oc1cc2c(I)nn(CC(C)(C)O)c2cc1Br. The van der Waals surface area contributed by atoms with Crippen LogP contribution in [0.25, 0.3) is 10.9 Å². The van der Waals surface area contributed by atoms with Gasteiger partial charge in [-0.05, 0) is 89.5 Å². The summed E-state index contributed by atoms with van der Waals surface area (Å²) in [4.78, 5) is 0. The summed E-state index contributed by atoms with van der Waals surface area (Å²) in [5.41, 5.74) is 2.33. The maximum atomic E-state index is 10.1. The average molecular weight is 515 g/mol. The molecule has 0 aliphatic heterocycles. The number of para-hydroxylation sites is 1. The van der Waals surface area contributed by atoms with Gasteiger partial charge in [-0.1, -0.05) is 18.2 Å². The molecule has 0 unspecified atom stereocenters. The largest absolute Gasteiger partial charge is 0.456 e. The predicted molar refractivity (Wildman–Crippen MR) is 112 cm³/mol. The van der Waals surface area contributed by atoms with Crippen molar-refractivity contribution in [3.63, 3.8) is 0 Å². The number of ether oxygens (including phenoxy) is 1. The molecule has 0 bridgehead atoms. The number of aliphatic hydroxyl groups is 1. The molecule has 4 nitrogen and oxygen atoms in total. The van der Waals surface area contributed by atoms with Crippen molar-refractivity contribution in [3.05, 3.63) is 49.6 Å². The van der Waals surface area contributed by atoms with Crippen LogP contribution in [0.5, 0.6) is 11.5 Å². The average Bonchev–Trinajstić information content (AvgIpc) is 2.77. The second-order valence-corrected chi connectivity index (χ2v) is 8.76. The molecule has 0 fully saturated rings. The number of halogens is 2. The number of hydrogen-bond acceptors (Lipinski definition) is 3. The highest BCUT2D eigenvalue weighted by Crippen LogP contribution is 2.37. The van der Waals surface area contributed by atoms with Gasteiger partial charge in [0.25, 0.3) is 0 Å². The third-order valence-corrected chi connectivity index (χ3v) is 5.33. The van der Waals surface area contributed by atoms with Crippen LogP contribution in [0, 0.1) is 17.5 Å². The molecule has 1 heterocycles. The maximum absolute atomic E-state index is 10.1. The third-order valence-electron chi connectivity index (χ3n) is 3.92. The first kappa shape index (κ1) is 18.7. The number of fused-ring (bicyclic) bond motifs is 1. The zero-order chi connectivity index (χ0) is 18.4. The molecule has 1 N–H and O–H groups in total. The molecule has 132 valence electrons. The Morgan fingerprint density at radius 3 is 2.48 bits per heavy atom. The van der Waals surface area contributed by atoms with Crippen molar-refractivity contribution in [2.24, 2.45) is 0 Å². The van der Waals surface area contributed by atoms with Gasteiger partial charge in [0.15, 0.2) is 0 Å². The molecule has 1 aromatic heterocycles. The molecule has 0 aliphatic carbocycles. The van der Waals surface area contributed by atoms with E-state index in [2.05, 4.69) is 43.6 Å². The van der Waals surface area contributed by atoms with Crippen LogP contribution in [-0.4, -0.2) is 20.5 Å². The van der Waals surface area contributed by atoms with Gasteiger partial charge in [-0.3, -0.25) is 4.68 Å². The van der Waals surface area contributed by atoms with E-state index < -0.39 is 5.60 Å². The van der Waals surface area contributed by atoms with Crippen LogP contribution in [0.2, 0.25) is 0 Å². The zero-order valence-electron chi connectivity index (χ0n) is 14.6. The smallest absolute Gasteiger partial charge is 0.142 e. The Morgan fingerprint density at radius 2 is 1.88 bits per heavy atom. The fourth-order valence-corrected chi connectivity index (χ4v) is 3.88. The van der Waals surface area contributed by atoms with E-state index in [9.17, 15) is 5.11 Å². The highest BCUT2D eigenvalue weighted by molar-refractivity contribution is 14.1. The minimum atomic E-state index is -0.831. The number of hydrogen-bond donors (Lipinski definition) is 1. The van der Waals surface area contributed by atoms with Crippen molar-refractivity contribution < 1.29 is 9.84 Å². The van der Waals surface area contributed by atoms with Crippen LogP contribution in [0.15, 0.2) is 34.8 Å². The minimum absolute atomic E-state index is 0.427. The lowest BCUT2D eigenvalue weighted by Gasteiger charge is -2.18. The van der Waals surface area contributed by atoms with E-state index >= 15 is 0 Å². The summed E-state index contributed by atoms with van der Waals surface area (Å²) in [6, 6.07) is 10.1. The molecular formula is C19H20BrIN2O2. The monoisotopic (exact) mass is 514 g/mol. The quantitative estimate of drug-likeness (QED) is 0.462. The number of nitrogens with zero attached hydrogens (tertiary/aromatic N) is 2. The van der Waals surface area contributed by atoms with Crippen molar-refractivity contribution in [1.82, 2.24) is 9.78 Å². The van der Waals surface area contributed by atoms with E-state index in [-0.39, 0.29) is 0 Å². The first-order chi connectivity index (χ1) is 11.7. The van der Waals surface area contributed by atoms with Gasteiger partial charge in [0, 0.05) is 5.39 Å². The topological polar surface area (TPSA) is 47.3 Å². The van der Waals surface area contributed by atoms with Crippen LogP contribution >= 0.6 is 38.5 Å². The summed E-state index contributed by atoms with van der Waals surface area (Å²) in [5, 5.41) is 15.7. The Hall–Kier alpha value is -1.12. The lowest BCUT2D eigenvalue weighted by atomic mass is 10.1. The van der Waals surface area contributed by atoms with Gasteiger partial charge in [0.2, 0.25) is 0 Å². The molecule has 3 aromatic rings. The summed E-state index contributed by atoms with van der Waals surface area (Å²) in [6.07, 6.45) is 0. The normalized spacial score (nSPS) is 12.0. The van der Waals surface area contributed by atoms with E-state index in [1.807, 2.05) is 48.9 Å². The Kier molecular flexibility index (Phi) is 5.14. The second-order valence-electron chi connectivity index (χ2n) is 6.88. The summed E-state index contributed by atoms with van der Waals surface area (Å²) in [5.74, 6) is 1.63. The number of benzene rings is 2. The molecule has 0 atom stereocenters. The van der Waals surface area contributed by atoms with Crippen molar-refractivity contribution in [1.29, 1.82) is 0 Å². The van der Waals surface area contributed by atoms with Crippen LogP contribution in [0.4, 0.5) is 0 Å². The molecule has 0 aliphatic rings. The first-order valence-corrected chi connectivity index (χ1v) is 9.85. The molecule has 2 aromatic carbocycles. The molecule has 6 heteroatoms. The lowest BCUT2D eigenvalue weighted by molar-refractivity contribution is 0.0590. The highest BCUT2D eigenvalue weighted by atomic mass is 127. The maximum Gasteiger partial charge on any atom is 0.142 e. The van der Waals surface area contributed by atoms with E-state index in [1.54, 1.807) is 13.8 Å². The van der Waals surface area contributed by atoms with Gasteiger partial charge in [-0.15, -0.1) is 0 Å². The molecule has 25 heavy (non-hydrogen) atoms. The Labute approximate surface area is 169 Å².